The van der Waals surface area contributed by atoms with Crippen LogP contribution in [0.15, 0.2) is 36.7 Å². The Morgan fingerprint density at radius 3 is 2.16 bits per heavy atom. The lowest BCUT2D eigenvalue weighted by Gasteiger charge is -2.46. The van der Waals surface area contributed by atoms with E-state index in [0.717, 1.165) is 25.7 Å². The molecule has 0 aliphatic carbocycles. The lowest BCUT2D eigenvalue weighted by Crippen LogP contribution is -2.44. The minimum atomic E-state index is -0.602. The summed E-state index contributed by atoms with van der Waals surface area (Å²) >= 11 is 0. The zero-order valence-electron chi connectivity index (χ0n) is 24.9. The third kappa shape index (κ3) is 10.6. The quantitative estimate of drug-likeness (QED) is 0.225. The van der Waals surface area contributed by atoms with E-state index in [1.165, 1.54) is 6.20 Å². The van der Waals surface area contributed by atoms with Crippen molar-refractivity contribution in [2.45, 2.75) is 107 Å². The number of aromatic nitrogens is 1. The Bertz CT molecular complexity index is 877. The minimum absolute atomic E-state index is 0.00667. The number of aliphatic hydroxyl groups is 1. The number of rotatable bonds is 16. The SMILES string of the molecule is CCC(C)(C)CC=CC(C)(CC)C(C)(C)CC(C)(C)C(=O)NCCC(O)CCNC(=O)c1cccnc1. The van der Waals surface area contributed by atoms with Crippen LogP contribution in [0.3, 0.4) is 0 Å². The number of carbonyl (C=O) groups excluding carboxylic acids is 2. The molecule has 210 valence electrons. The van der Waals surface area contributed by atoms with Gasteiger partial charge in [-0.05, 0) is 60.5 Å². The average molecular weight is 516 g/mol. The van der Waals surface area contributed by atoms with E-state index in [2.05, 4.69) is 76.2 Å². The molecule has 2 atom stereocenters. The highest BCUT2D eigenvalue weighted by atomic mass is 16.3. The van der Waals surface area contributed by atoms with Gasteiger partial charge in [-0.25, -0.2) is 0 Å². The number of aliphatic hydroxyl groups excluding tert-OH is 1. The fourth-order valence-corrected chi connectivity index (χ4v) is 4.68. The highest BCUT2D eigenvalue weighted by Crippen LogP contribution is 2.50. The van der Waals surface area contributed by atoms with Crippen molar-refractivity contribution in [1.82, 2.24) is 15.6 Å². The van der Waals surface area contributed by atoms with Crippen molar-refractivity contribution in [2.75, 3.05) is 13.1 Å². The van der Waals surface area contributed by atoms with Crippen molar-refractivity contribution < 1.29 is 14.7 Å². The summed E-state index contributed by atoms with van der Waals surface area (Å²) in [6, 6.07) is 3.41. The Labute approximate surface area is 226 Å². The Kier molecular flexibility index (Phi) is 12.5. The van der Waals surface area contributed by atoms with Crippen molar-refractivity contribution in [3.8, 4) is 0 Å². The van der Waals surface area contributed by atoms with Gasteiger partial charge in [0.25, 0.3) is 5.91 Å². The van der Waals surface area contributed by atoms with Gasteiger partial charge in [-0.2, -0.15) is 0 Å². The third-order valence-electron chi connectivity index (χ3n) is 8.34. The molecule has 3 N–H and O–H groups in total. The van der Waals surface area contributed by atoms with E-state index in [0.29, 0.717) is 36.9 Å². The number of nitrogens with zero attached hydrogens (tertiary/aromatic N) is 1. The van der Waals surface area contributed by atoms with E-state index in [4.69, 9.17) is 0 Å². The molecule has 37 heavy (non-hydrogen) atoms. The fraction of sp³-hybridized carbons (Fsp3) is 0.710. The molecular weight excluding hydrogens is 462 g/mol. The first-order valence-electron chi connectivity index (χ1n) is 13.9. The van der Waals surface area contributed by atoms with E-state index < -0.39 is 11.5 Å². The number of carbonyl (C=O) groups is 2. The predicted molar refractivity (Wildman–Crippen MR) is 153 cm³/mol. The van der Waals surface area contributed by atoms with E-state index in [-0.39, 0.29) is 22.6 Å². The van der Waals surface area contributed by atoms with Gasteiger partial charge in [0.15, 0.2) is 0 Å². The summed E-state index contributed by atoms with van der Waals surface area (Å²) in [6.45, 7) is 20.7. The molecule has 0 saturated carbocycles. The Balaban J connectivity index is 2.56. The van der Waals surface area contributed by atoms with E-state index in [1.807, 2.05) is 13.8 Å². The smallest absolute Gasteiger partial charge is 0.252 e. The first-order valence-corrected chi connectivity index (χ1v) is 13.9. The molecule has 6 heteroatoms. The van der Waals surface area contributed by atoms with Crippen molar-refractivity contribution >= 4 is 11.8 Å². The second-order valence-corrected chi connectivity index (χ2v) is 12.8. The molecule has 0 radical (unpaired) electrons. The summed E-state index contributed by atoms with van der Waals surface area (Å²) in [5, 5.41) is 16.1. The van der Waals surface area contributed by atoms with Gasteiger partial charge in [0.2, 0.25) is 5.91 Å². The molecule has 0 fully saturated rings. The van der Waals surface area contributed by atoms with Crippen LogP contribution in [0.25, 0.3) is 0 Å². The highest BCUT2D eigenvalue weighted by Gasteiger charge is 2.43. The lowest BCUT2D eigenvalue weighted by molar-refractivity contribution is -0.132. The van der Waals surface area contributed by atoms with E-state index in [1.54, 1.807) is 18.3 Å². The van der Waals surface area contributed by atoms with Crippen LogP contribution in [0, 0.1) is 21.7 Å². The Hall–Kier alpha value is -2.21. The summed E-state index contributed by atoms with van der Waals surface area (Å²) < 4.78 is 0. The standard InChI is InChI=1S/C31H53N3O3/c1-10-28(3,4)17-13-18-31(9,11-2)30(7,8)23-29(5,6)27(37)34-21-16-25(35)15-20-33-26(36)24-14-12-19-32-22-24/h12-14,18-19,22,25,35H,10-11,15-17,20-21,23H2,1-9H3,(H,33,36)(H,34,37). The monoisotopic (exact) mass is 515 g/mol. The van der Waals surface area contributed by atoms with Crippen molar-refractivity contribution in [3.63, 3.8) is 0 Å². The largest absolute Gasteiger partial charge is 0.393 e. The summed E-state index contributed by atoms with van der Waals surface area (Å²) in [6.07, 6.45) is 12.1. The van der Waals surface area contributed by atoms with E-state index >= 15 is 0 Å². The van der Waals surface area contributed by atoms with Crippen LogP contribution in [0.2, 0.25) is 0 Å². The molecule has 0 saturated heterocycles. The topological polar surface area (TPSA) is 91.3 Å². The second-order valence-electron chi connectivity index (χ2n) is 12.8. The van der Waals surface area contributed by atoms with Gasteiger partial charge in [-0.3, -0.25) is 14.6 Å². The maximum absolute atomic E-state index is 13.1. The van der Waals surface area contributed by atoms with Crippen LogP contribution in [0.4, 0.5) is 0 Å². The zero-order chi connectivity index (χ0) is 28.3. The van der Waals surface area contributed by atoms with Gasteiger partial charge in [0.05, 0.1) is 11.7 Å². The van der Waals surface area contributed by atoms with Crippen molar-refractivity contribution in [2.24, 2.45) is 21.7 Å². The maximum Gasteiger partial charge on any atom is 0.252 e. The molecular formula is C31H53N3O3. The van der Waals surface area contributed by atoms with Crippen molar-refractivity contribution in [3.05, 3.63) is 42.2 Å². The molecule has 1 aromatic rings. The molecule has 0 aliphatic rings. The fourth-order valence-electron chi connectivity index (χ4n) is 4.68. The molecule has 0 spiro atoms. The van der Waals surface area contributed by atoms with Gasteiger partial charge in [-0.1, -0.05) is 80.9 Å². The Morgan fingerprint density at radius 2 is 1.62 bits per heavy atom. The maximum atomic E-state index is 13.1. The van der Waals surface area contributed by atoms with Gasteiger partial charge in [-0.15, -0.1) is 0 Å². The molecule has 0 aromatic carbocycles. The molecule has 2 amide bonds. The number of amides is 2. The second kappa shape index (κ2) is 14.1. The van der Waals surface area contributed by atoms with Gasteiger partial charge in [0.1, 0.15) is 0 Å². The zero-order valence-corrected chi connectivity index (χ0v) is 24.9. The average Bonchev–Trinajstić information content (AvgIpc) is 2.83. The first kappa shape index (κ1) is 32.8. The number of pyridine rings is 1. The highest BCUT2D eigenvalue weighted by molar-refractivity contribution is 5.93. The van der Waals surface area contributed by atoms with Crippen LogP contribution in [-0.2, 0) is 4.79 Å². The predicted octanol–water partition coefficient (Wildman–Crippen LogP) is 6.31. The molecule has 0 bridgehead atoms. The molecule has 1 aromatic heterocycles. The molecule has 2 unspecified atom stereocenters. The van der Waals surface area contributed by atoms with Gasteiger partial charge < -0.3 is 15.7 Å². The first-order chi connectivity index (χ1) is 17.1. The Morgan fingerprint density at radius 1 is 1.00 bits per heavy atom. The molecule has 6 nitrogen and oxygen atoms in total. The van der Waals surface area contributed by atoms with Crippen LogP contribution >= 0.6 is 0 Å². The summed E-state index contributed by atoms with van der Waals surface area (Å²) in [5.74, 6) is -0.201. The normalized spacial score (nSPS) is 15.3. The molecule has 1 rings (SSSR count). The van der Waals surface area contributed by atoms with Crippen LogP contribution in [0.5, 0.6) is 0 Å². The third-order valence-corrected chi connectivity index (χ3v) is 8.34. The molecule has 1 heterocycles. The van der Waals surface area contributed by atoms with Crippen LogP contribution < -0.4 is 10.6 Å². The van der Waals surface area contributed by atoms with Gasteiger partial charge >= 0.3 is 0 Å². The lowest BCUT2D eigenvalue weighted by atomic mass is 9.59. The van der Waals surface area contributed by atoms with E-state index in [9.17, 15) is 14.7 Å². The number of hydrogen-bond acceptors (Lipinski definition) is 4. The summed E-state index contributed by atoms with van der Waals surface area (Å²) in [4.78, 5) is 29.1. The number of hydrogen-bond donors (Lipinski definition) is 3. The summed E-state index contributed by atoms with van der Waals surface area (Å²) in [5.41, 5.74) is 0.142. The van der Waals surface area contributed by atoms with Crippen LogP contribution in [-0.4, -0.2) is 41.1 Å². The minimum Gasteiger partial charge on any atom is -0.393 e. The summed E-state index contributed by atoms with van der Waals surface area (Å²) in [7, 11) is 0. The van der Waals surface area contributed by atoms with Gasteiger partial charge in [0, 0.05) is 30.9 Å². The molecule has 0 aliphatic heterocycles. The number of allylic oxidation sites excluding steroid dienone is 2. The number of nitrogens with one attached hydrogen (secondary N) is 2. The van der Waals surface area contributed by atoms with Crippen molar-refractivity contribution in [1.29, 1.82) is 0 Å². The van der Waals surface area contributed by atoms with Crippen LogP contribution in [0.1, 0.15) is 111 Å².